The first kappa shape index (κ1) is 18.1. The molecule has 2 aromatic carbocycles. The van der Waals surface area contributed by atoms with E-state index in [1.807, 2.05) is 32.0 Å². The van der Waals surface area contributed by atoms with Crippen molar-refractivity contribution < 1.29 is 22.7 Å². The first-order valence-electron chi connectivity index (χ1n) is 7.98. The van der Waals surface area contributed by atoms with Crippen molar-refractivity contribution in [2.75, 3.05) is 29.2 Å². The van der Waals surface area contributed by atoms with Gasteiger partial charge in [-0.15, -0.1) is 0 Å². The number of carbonyl (C=O) groups excluding carboxylic acids is 1. The Bertz CT molecular complexity index is 956. The Kier molecular flexibility index (Phi) is 4.78. The number of hydrogen-bond donors (Lipinski definition) is 1. The largest absolute Gasteiger partial charge is 0.454 e. The van der Waals surface area contributed by atoms with Gasteiger partial charge in [-0.05, 0) is 43.2 Å². The van der Waals surface area contributed by atoms with Crippen molar-refractivity contribution in [2.45, 2.75) is 13.8 Å². The van der Waals surface area contributed by atoms with Crippen LogP contribution in [-0.4, -0.2) is 33.9 Å². The van der Waals surface area contributed by atoms with Crippen LogP contribution in [0.4, 0.5) is 11.4 Å². The lowest BCUT2D eigenvalue weighted by Crippen LogP contribution is -2.37. The van der Waals surface area contributed by atoms with E-state index in [2.05, 4.69) is 5.32 Å². The third-order valence-corrected chi connectivity index (χ3v) is 5.14. The first-order valence-corrected chi connectivity index (χ1v) is 9.83. The average molecular weight is 376 g/mol. The van der Waals surface area contributed by atoms with Crippen molar-refractivity contribution in [1.82, 2.24) is 0 Å². The minimum atomic E-state index is -3.66. The van der Waals surface area contributed by atoms with Crippen molar-refractivity contribution in [3.8, 4) is 11.5 Å². The maximum Gasteiger partial charge on any atom is 0.245 e. The summed E-state index contributed by atoms with van der Waals surface area (Å²) in [6.07, 6.45) is 1.06. The Morgan fingerprint density at radius 2 is 1.85 bits per heavy atom. The Morgan fingerprint density at radius 3 is 2.58 bits per heavy atom. The van der Waals surface area contributed by atoms with Crippen LogP contribution in [0.1, 0.15) is 11.1 Å². The highest BCUT2D eigenvalue weighted by molar-refractivity contribution is 7.92. The van der Waals surface area contributed by atoms with Crippen molar-refractivity contribution in [1.29, 1.82) is 0 Å². The van der Waals surface area contributed by atoms with Gasteiger partial charge in [0.2, 0.25) is 22.7 Å². The van der Waals surface area contributed by atoms with Gasteiger partial charge in [0, 0.05) is 11.8 Å². The zero-order chi connectivity index (χ0) is 18.9. The number of fused-ring (bicyclic) bond motifs is 1. The van der Waals surface area contributed by atoms with E-state index >= 15 is 0 Å². The molecule has 0 saturated heterocycles. The number of anilines is 2. The van der Waals surface area contributed by atoms with Crippen molar-refractivity contribution in [3.05, 3.63) is 47.5 Å². The standard InChI is InChI=1S/C18H20N2O5S/c1-12-4-5-13(2)15(8-12)19-18(21)10-20(26(3,22)23)14-6-7-16-17(9-14)25-11-24-16/h4-9H,10-11H2,1-3H3,(H,19,21). The smallest absolute Gasteiger partial charge is 0.245 e. The molecule has 0 atom stereocenters. The van der Waals surface area contributed by atoms with Gasteiger partial charge in [0.15, 0.2) is 11.5 Å². The molecule has 0 aromatic heterocycles. The van der Waals surface area contributed by atoms with Crippen LogP contribution in [0.5, 0.6) is 11.5 Å². The van der Waals surface area contributed by atoms with Crippen molar-refractivity contribution in [2.24, 2.45) is 0 Å². The second-order valence-electron chi connectivity index (χ2n) is 6.17. The number of aryl methyl sites for hydroxylation is 2. The minimum absolute atomic E-state index is 0.0881. The van der Waals surface area contributed by atoms with Crippen molar-refractivity contribution >= 4 is 27.3 Å². The van der Waals surface area contributed by atoms with Crippen LogP contribution in [0.3, 0.4) is 0 Å². The highest BCUT2D eigenvalue weighted by atomic mass is 32.2. The number of ether oxygens (including phenoxy) is 2. The molecule has 0 bridgehead atoms. The molecule has 7 nitrogen and oxygen atoms in total. The summed E-state index contributed by atoms with van der Waals surface area (Å²) in [5.41, 5.74) is 2.90. The van der Waals surface area contributed by atoms with Crippen LogP contribution in [0.15, 0.2) is 36.4 Å². The topological polar surface area (TPSA) is 84.9 Å². The fourth-order valence-corrected chi connectivity index (χ4v) is 3.48. The highest BCUT2D eigenvalue weighted by Crippen LogP contribution is 2.36. The summed E-state index contributed by atoms with van der Waals surface area (Å²) in [6.45, 7) is 3.54. The molecule has 0 fully saturated rings. The molecule has 0 aliphatic carbocycles. The molecule has 0 radical (unpaired) electrons. The van der Waals surface area contributed by atoms with E-state index in [9.17, 15) is 13.2 Å². The number of benzene rings is 2. The molecule has 1 amide bonds. The van der Waals surface area contributed by atoms with E-state index in [4.69, 9.17) is 9.47 Å². The Morgan fingerprint density at radius 1 is 1.12 bits per heavy atom. The van der Waals surface area contributed by atoms with Crippen LogP contribution >= 0.6 is 0 Å². The van der Waals surface area contributed by atoms with Crippen LogP contribution in [-0.2, 0) is 14.8 Å². The summed E-state index contributed by atoms with van der Waals surface area (Å²) in [4.78, 5) is 12.5. The van der Waals surface area contributed by atoms with E-state index in [1.165, 1.54) is 0 Å². The Hall–Kier alpha value is -2.74. The molecule has 26 heavy (non-hydrogen) atoms. The fourth-order valence-electron chi connectivity index (χ4n) is 2.63. The second kappa shape index (κ2) is 6.87. The van der Waals surface area contributed by atoms with E-state index < -0.39 is 15.9 Å². The van der Waals surface area contributed by atoms with Gasteiger partial charge in [0.25, 0.3) is 0 Å². The van der Waals surface area contributed by atoms with Crippen LogP contribution in [0.2, 0.25) is 0 Å². The van der Waals surface area contributed by atoms with E-state index in [0.29, 0.717) is 22.9 Å². The van der Waals surface area contributed by atoms with Gasteiger partial charge < -0.3 is 14.8 Å². The predicted octanol–water partition coefficient (Wildman–Crippen LogP) is 2.44. The number of hydrogen-bond acceptors (Lipinski definition) is 5. The summed E-state index contributed by atoms with van der Waals surface area (Å²) < 4.78 is 36.0. The lowest BCUT2D eigenvalue weighted by atomic mass is 10.1. The lowest BCUT2D eigenvalue weighted by Gasteiger charge is -2.22. The van der Waals surface area contributed by atoms with Gasteiger partial charge in [-0.1, -0.05) is 12.1 Å². The second-order valence-corrected chi connectivity index (χ2v) is 8.08. The fraction of sp³-hybridized carbons (Fsp3) is 0.278. The maximum absolute atomic E-state index is 12.5. The molecule has 1 aliphatic rings. The summed E-state index contributed by atoms with van der Waals surface area (Å²) in [7, 11) is -3.66. The van der Waals surface area contributed by atoms with Gasteiger partial charge in [-0.3, -0.25) is 9.10 Å². The SMILES string of the molecule is Cc1ccc(C)c(NC(=O)CN(c2ccc3c(c2)OCO3)S(C)(=O)=O)c1. The monoisotopic (exact) mass is 376 g/mol. The maximum atomic E-state index is 12.5. The van der Waals surface area contributed by atoms with Gasteiger partial charge in [0.1, 0.15) is 6.54 Å². The number of carbonyl (C=O) groups is 1. The predicted molar refractivity (Wildman–Crippen MR) is 99.3 cm³/mol. The van der Waals surface area contributed by atoms with Crippen LogP contribution < -0.4 is 19.1 Å². The summed E-state index contributed by atoms with van der Waals surface area (Å²) in [5, 5.41) is 2.77. The molecule has 1 aliphatic heterocycles. The molecule has 0 spiro atoms. The molecule has 3 rings (SSSR count). The van der Waals surface area contributed by atoms with E-state index in [0.717, 1.165) is 21.7 Å². The third kappa shape index (κ3) is 3.91. The molecule has 1 heterocycles. The third-order valence-electron chi connectivity index (χ3n) is 4.00. The molecule has 8 heteroatoms. The highest BCUT2D eigenvalue weighted by Gasteiger charge is 2.24. The molecule has 2 aromatic rings. The Balaban J connectivity index is 1.83. The molecular weight excluding hydrogens is 356 g/mol. The molecule has 0 saturated carbocycles. The lowest BCUT2D eigenvalue weighted by molar-refractivity contribution is -0.114. The normalized spacial score (nSPS) is 12.7. The van der Waals surface area contributed by atoms with E-state index in [1.54, 1.807) is 18.2 Å². The van der Waals surface area contributed by atoms with Gasteiger partial charge in [0.05, 0.1) is 11.9 Å². The summed E-state index contributed by atoms with van der Waals surface area (Å²) in [5.74, 6) is 0.565. The summed E-state index contributed by atoms with van der Waals surface area (Å²) >= 11 is 0. The zero-order valence-electron chi connectivity index (χ0n) is 14.8. The molecule has 138 valence electrons. The van der Waals surface area contributed by atoms with Gasteiger partial charge in [-0.2, -0.15) is 0 Å². The average Bonchev–Trinajstić information content (AvgIpc) is 3.02. The number of nitrogens with zero attached hydrogens (tertiary/aromatic N) is 1. The number of nitrogens with one attached hydrogen (secondary N) is 1. The number of rotatable bonds is 5. The van der Waals surface area contributed by atoms with Crippen LogP contribution in [0.25, 0.3) is 0 Å². The molecular formula is C18H20N2O5S. The van der Waals surface area contributed by atoms with Crippen molar-refractivity contribution in [3.63, 3.8) is 0 Å². The number of amides is 1. The molecule has 0 unspecified atom stereocenters. The first-order chi connectivity index (χ1) is 12.2. The van der Waals surface area contributed by atoms with Crippen LogP contribution in [0, 0.1) is 13.8 Å². The quantitative estimate of drug-likeness (QED) is 0.866. The molecule has 1 N–H and O–H groups in total. The van der Waals surface area contributed by atoms with Gasteiger partial charge in [-0.25, -0.2) is 8.42 Å². The Labute approximate surface area is 152 Å². The van der Waals surface area contributed by atoms with E-state index in [-0.39, 0.29) is 13.3 Å². The number of sulfonamides is 1. The minimum Gasteiger partial charge on any atom is -0.454 e. The van der Waals surface area contributed by atoms with Gasteiger partial charge >= 0.3 is 0 Å². The zero-order valence-corrected chi connectivity index (χ0v) is 15.6. The summed E-state index contributed by atoms with van der Waals surface area (Å²) in [6, 6.07) is 10.4.